The first kappa shape index (κ1) is 15.1. The highest BCUT2D eigenvalue weighted by atomic mass is 32.1. The van der Waals surface area contributed by atoms with Crippen LogP contribution in [0.4, 0.5) is 0 Å². The molecule has 1 N–H and O–H groups in total. The second kappa shape index (κ2) is 7.45. The van der Waals surface area contributed by atoms with Crippen LogP contribution in [0.3, 0.4) is 0 Å². The number of imidazole rings is 1. The Morgan fingerprint density at radius 2 is 2.05 bits per heavy atom. The Balaban J connectivity index is 2.01. The van der Waals surface area contributed by atoms with Crippen LogP contribution in [-0.2, 0) is 11.3 Å². The summed E-state index contributed by atoms with van der Waals surface area (Å²) in [7, 11) is 1.67. The zero-order valence-electron chi connectivity index (χ0n) is 12.1. The number of fused-ring (bicyclic) bond motifs is 1. The lowest BCUT2D eigenvalue weighted by Gasteiger charge is -2.06. The van der Waals surface area contributed by atoms with E-state index in [9.17, 15) is 0 Å². The van der Waals surface area contributed by atoms with Crippen LogP contribution in [0.15, 0.2) is 18.2 Å². The number of unbranched alkanes of at least 4 members (excludes halogenated alkanes) is 1. The summed E-state index contributed by atoms with van der Waals surface area (Å²) in [4.78, 5) is 3.22. The summed E-state index contributed by atoms with van der Waals surface area (Å²) >= 11 is 5.38. The van der Waals surface area contributed by atoms with Gasteiger partial charge in [0, 0.05) is 25.8 Å². The van der Waals surface area contributed by atoms with Gasteiger partial charge in [-0.15, -0.1) is 0 Å². The molecule has 0 amide bonds. The zero-order chi connectivity index (χ0) is 14.4. The normalized spacial score (nSPS) is 11.1. The minimum absolute atomic E-state index is 0.752. The third-order valence-corrected chi connectivity index (χ3v) is 3.62. The second-order valence-electron chi connectivity index (χ2n) is 4.78. The van der Waals surface area contributed by atoms with Crippen molar-refractivity contribution in [3.8, 4) is 5.75 Å². The molecular formula is C15H22N2O2S. The molecule has 4 nitrogen and oxygen atoms in total. The average Bonchev–Trinajstić information content (AvgIpc) is 2.77. The van der Waals surface area contributed by atoms with Gasteiger partial charge in [0.2, 0.25) is 0 Å². The first-order valence-electron chi connectivity index (χ1n) is 7.10. The van der Waals surface area contributed by atoms with Crippen molar-refractivity contribution in [3.63, 3.8) is 0 Å². The number of ether oxygens (including phenoxy) is 2. The summed E-state index contributed by atoms with van der Waals surface area (Å²) in [6, 6.07) is 5.95. The van der Waals surface area contributed by atoms with E-state index >= 15 is 0 Å². The van der Waals surface area contributed by atoms with Gasteiger partial charge in [-0.1, -0.05) is 13.3 Å². The number of H-pyrrole nitrogens is 1. The molecule has 0 saturated heterocycles. The summed E-state index contributed by atoms with van der Waals surface area (Å²) in [6.45, 7) is 4.65. The van der Waals surface area contributed by atoms with Crippen molar-refractivity contribution in [1.29, 1.82) is 0 Å². The van der Waals surface area contributed by atoms with Gasteiger partial charge in [0.15, 0.2) is 4.77 Å². The topological polar surface area (TPSA) is 39.2 Å². The molecule has 1 aromatic heterocycles. The maximum Gasteiger partial charge on any atom is 0.178 e. The van der Waals surface area contributed by atoms with Crippen molar-refractivity contribution in [2.75, 3.05) is 20.3 Å². The van der Waals surface area contributed by atoms with E-state index in [-0.39, 0.29) is 0 Å². The molecule has 110 valence electrons. The molecule has 0 fully saturated rings. The Morgan fingerprint density at radius 3 is 2.80 bits per heavy atom. The van der Waals surface area contributed by atoms with Gasteiger partial charge in [0.25, 0.3) is 0 Å². The van der Waals surface area contributed by atoms with Crippen molar-refractivity contribution in [2.24, 2.45) is 0 Å². The van der Waals surface area contributed by atoms with Gasteiger partial charge in [-0.2, -0.15) is 0 Å². The van der Waals surface area contributed by atoms with Gasteiger partial charge >= 0.3 is 0 Å². The smallest absolute Gasteiger partial charge is 0.178 e. The van der Waals surface area contributed by atoms with Gasteiger partial charge in [-0.3, -0.25) is 0 Å². The third-order valence-electron chi connectivity index (χ3n) is 3.30. The zero-order valence-corrected chi connectivity index (χ0v) is 13.0. The summed E-state index contributed by atoms with van der Waals surface area (Å²) in [5.41, 5.74) is 2.13. The lowest BCUT2D eigenvalue weighted by molar-refractivity contribution is 0.126. The number of benzene rings is 1. The fourth-order valence-corrected chi connectivity index (χ4v) is 2.45. The fraction of sp³-hybridized carbons (Fsp3) is 0.533. The van der Waals surface area contributed by atoms with E-state index in [4.69, 9.17) is 21.7 Å². The summed E-state index contributed by atoms with van der Waals surface area (Å²) in [6.07, 6.45) is 3.26. The summed E-state index contributed by atoms with van der Waals surface area (Å²) < 4.78 is 13.7. The highest BCUT2D eigenvalue weighted by Gasteiger charge is 2.05. The average molecular weight is 294 g/mol. The van der Waals surface area contributed by atoms with Crippen LogP contribution in [0.25, 0.3) is 11.0 Å². The molecule has 20 heavy (non-hydrogen) atoms. The van der Waals surface area contributed by atoms with Crippen LogP contribution < -0.4 is 4.74 Å². The van der Waals surface area contributed by atoms with Crippen LogP contribution in [0.1, 0.15) is 26.2 Å². The van der Waals surface area contributed by atoms with Crippen molar-refractivity contribution >= 4 is 23.3 Å². The van der Waals surface area contributed by atoms with Crippen molar-refractivity contribution in [1.82, 2.24) is 9.55 Å². The van der Waals surface area contributed by atoms with Gasteiger partial charge in [-0.05, 0) is 37.2 Å². The fourth-order valence-electron chi connectivity index (χ4n) is 2.15. The van der Waals surface area contributed by atoms with Crippen LogP contribution >= 0.6 is 12.2 Å². The van der Waals surface area contributed by atoms with Crippen LogP contribution in [0.2, 0.25) is 0 Å². The van der Waals surface area contributed by atoms with Crippen molar-refractivity contribution < 1.29 is 9.47 Å². The Bertz CT molecular complexity index is 603. The molecule has 0 saturated carbocycles. The molecule has 0 spiro atoms. The molecule has 0 aliphatic heterocycles. The highest BCUT2D eigenvalue weighted by Crippen LogP contribution is 2.20. The molecule has 0 unspecified atom stereocenters. The number of nitrogens with zero attached hydrogens (tertiary/aromatic N) is 1. The second-order valence-corrected chi connectivity index (χ2v) is 5.17. The largest absolute Gasteiger partial charge is 0.497 e. The number of hydrogen-bond donors (Lipinski definition) is 1. The highest BCUT2D eigenvalue weighted by molar-refractivity contribution is 7.71. The van der Waals surface area contributed by atoms with Crippen LogP contribution in [-0.4, -0.2) is 29.9 Å². The number of aryl methyl sites for hydroxylation is 1. The van der Waals surface area contributed by atoms with Crippen molar-refractivity contribution in [2.45, 2.75) is 32.7 Å². The Morgan fingerprint density at radius 1 is 1.25 bits per heavy atom. The number of rotatable bonds is 8. The molecule has 0 radical (unpaired) electrons. The molecule has 0 atom stereocenters. The number of methoxy groups -OCH3 is 1. The number of aromatic amines is 1. The summed E-state index contributed by atoms with van der Waals surface area (Å²) in [5.74, 6) is 0.847. The number of aromatic nitrogens is 2. The molecule has 0 aliphatic carbocycles. The molecule has 0 bridgehead atoms. The quantitative estimate of drug-likeness (QED) is 0.592. The SMILES string of the molecule is CCCCOCCCn1c(=S)[nH]c2ccc(OC)cc21. The predicted octanol–water partition coefficient (Wildman–Crippen LogP) is 3.91. The van der Waals surface area contributed by atoms with Gasteiger partial charge in [0.1, 0.15) is 5.75 Å². The first-order valence-corrected chi connectivity index (χ1v) is 7.51. The van der Waals surface area contributed by atoms with E-state index in [0.717, 1.165) is 54.2 Å². The van der Waals surface area contributed by atoms with Gasteiger partial charge < -0.3 is 19.0 Å². The van der Waals surface area contributed by atoms with Gasteiger partial charge in [-0.25, -0.2) is 0 Å². The minimum Gasteiger partial charge on any atom is -0.497 e. The molecular weight excluding hydrogens is 272 g/mol. The number of nitrogens with one attached hydrogen (secondary N) is 1. The first-order chi connectivity index (χ1) is 9.76. The predicted molar refractivity (Wildman–Crippen MR) is 84.0 cm³/mol. The van der Waals surface area contributed by atoms with E-state index < -0.39 is 0 Å². The van der Waals surface area contributed by atoms with E-state index in [1.807, 2.05) is 18.2 Å². The maximum atomic E-state index is 5.59. The van der Waals surface area contributed by atoms with Crippen molar-refractivity contribution in [3.05, 3.63) is 23.0 Å². The molecule has 2 rings (SSSR count). The Kier molecular flexibility index (Phi) is 5.61. The van der Waals surface area contributed by atoms with E-state index in [1.54, 1.807) is 7.11 Å². The lowest BCUT2D eigenvalue weighted by atomic mass is 10.3. The maximum absolute atomic E-state index is 5.59. The van der Waals surface area contributed by atoms with E-state index in [1.165, 1.54) is 6.42 Å². The van der Waals surface area contributed by atoms with E-state index in [0.29, 0.717) is 0 Å². The third kappa shape index (κ3) is 3.61. The number of hydrogen-bond acceptors (Lipinski definition) is 3. The molecule has 1 aromatic carbocycles. The minimum atomic E-state index is 0.752. The standard InChI is InChI=1S/C15H22N2O2S/c1-3-4-9-19-10-5-8-17-14-11-12(18-2)6-7-13(14)16-15(17)20/h6-7,11H,3-5,8-10H2,1-2H3,(H,16,20). The summed E-state index contributed by atoms with van der Waals surface area (Å²) in [5, 5.41) is 0. The van der Waals surface area contributed by atoms with E-state index in [2.05, 4.69) is 16.5 Å². The Hall–Kier alpha value is -1.33. The van der Waals surface area contributed by atoms with Crippen LogP contribution in [0, 0.1) is 4.77 Å². The molecule has 2 aromatic rings. The molecule has 1 heterocycles. The molecule has 5 heteroatoms. The monoisotopic (exact) mass is 294 g/mol. The van der Waals surface area contributed by atoms with Crippen LogP contribution in [0.5, 0.6) is 5.75 Å². The van der Waals surface area contributed by atoms with Gasteiger partial charge in [0.05, 0.1) is 18.1 Å². The Labute approximate surface area is 124 Å². The lowest BCUT2D eigenvalue weighted by Crippen LogP contribution is -2.03. The molecule has 0 aliphatic rings.